The van der Waals surface area contributed by atoms with Gasteiger partial charge in [-0.2, -0.15) is 0 Å². The molecule has 6 heteroatoms. The minimum absolute atomic E-state index is 0.0181. The van der Waals surface area contributed by atoms with Gasteiger partial charge in [-0.15, -0.1) is 0 Å². The van der Waals surface area contributed by atoms with E-state index in [0.717, 1.165) is 63.1 Å². The lowest BCUT2D eigenvalue weighted by Crippen LogP contribution is -2.53. The number of carbonyl (C=O) groups is 1. The molecule has 4 rings (SSSR count). The smallest absolute Gasteiger partial charge is 0.317 e. The minimum Gasteiger partial charge on any atom is -0.491 e. The Bertz CT molecular complexity index is 681. The van der Waals surface area contributed by atoms with Gasteiger partial charge in [0.2, 0.25) is 0 Å². The fourth-order valence-corrected chi connectivity index (χ4v) is 4.63. The average Bonchev–Trinajstić information content (AvgIpc) is 2.68. The summed E-state index contributed by atoms with van der Waals surface area (Å²) in [4.78, 5) is 14.8. The maximum atomic E-state index is 12.8. The van der Waals surface area contributed by atoms with Crippen LogP contribution in [0.2, 0.25) is 0 Å². The molecule has 3 aliphatic rings. The summed E-state index contributed by atoms with van der Waals surface area (Å²) in [6.45, 7) is 4.90. The van der Waals surface area contributed by atoms with Gasteiger partial charge in [0.15, 0.2) is 0 Å². The molecule has 1 aromatic rings. The molecule has 0 saturated carbocycles. The third-order valence-electron chi connectivity index (χ3n) is 6.14. The molecule has 4 atom stereocenters. The second kappa shape index (κ2) is 8.07. The van der Waals surface area contributed by atoms with E-state index in [1.165, 1.54) is 5.56 Å². The monoisotopic (exact) mass is 373 g/mol. The first-order chi connectivity index (χ1) is 13.1. The Morgan fingerprint density at radius 1 is 1.33 bits per heavy atom. The van der Waals surface area contributed by atoms with Crippen LogP contribution in [0.25, 0.3) is 0 Å². The predicted octanol–water partition coefficient (Wildman–Crippen LogP) is 2.23. The number of hydrogen-bond acceptors (Lipinski definition) is 4. The number of nitrogens with two attached hydrogens (primary N) is 1. The molecule has 27 heavy (non-hydrogen) atoms. The normalized spacial score (nSPS) is 31.0. The lowest BCUT2D eigenvalue weighted by Gasteiger charge is -2.40. The number of benzene rings is 1. The fraction of sp³-hybridized carbons (Fsp3) is 0.667. The van der Waals surface area contributed by atoms with Crippen molar-refractivity contribution in [1.82, 2.24) is 10.2 Å². The number of nitrogens with zero attached hydrogens (tertiary/aromatic N) is 1. The molecule has 0 radical (unpaired) electrons. The van der Waals surface area contributed by atoms with E-state index < -0.39 is 0 Å². The number of amides is 2. The third kappa shape index (κ3) is 4.22. The number of aryl methyl sites for hydroxylation is 1. The van der Waals surface area contributed by atoms with E-state index in [2.05, 4.69) is 24.4 Å². The van der Waals surface area contributed by atoms with Gasteiger partial charge in [0.25, 0.3) is 0 Å². The molecule has 0 bridgehead atoms. The van der Waals surface area contributed by atoms with Gasteiger partial charge in [-0.25, -0.2) is 4.79 Å². The van der Waals surface area contributed by atoms with Gasteiger partial charge in [0.05, 0.1) is 12.1 Å². The number of ether oxygens (including phenoxy) is 2. The molecule has 3 heterocycles. The zero-order valence-corrected chi connectivity index (χ0v) is 16.2. The van der Waals surface area contributed by atoms with E-state index in [-0.39, 0.29) is 24.2 Å². The predicted molar refractivity (Wildman–Crippen MR) is 104 cm³/mol. The number of piperidine rings is 1. The number of rotatable bonds is 2. The molecule has 0 spiro atoms. The summed E-state index contributed by atoms with van der Waals surface area (Å²) in [6.07, 6.45) is 5.00. The maximum Gasteiger partial charge on any atom is 0.317 e. The number of likely N-dealkylation sites (tertiary alicyclic amines) is 1. The highest BCUT2D eigenvalue weighted by atomic mass is 16.5. The molecule has 6 nitrogen and oxygen atoms in total. The standard InChI is InChI=1S/C21H31N3O3/c1-14-4-2-5-15-10-18(13-27-20(14)15)23-21(25)24-8-3-6-16(12-24)19-11-17(22)7-9-26-19/h2,4-5,16-19H,3,6-13,22H2,1H3,(H,23,25). The quantitative estimate of drug-likeness (QED) is 0.833. The highest BCUT2D eigenvalue weighted by Gasteiger charge is 2.33. The lowest BCUT2D eigenvalue weighted by atomic mass is 9.87. The van der Waals surface area contributed by atoms with Crippen molar-refractivity contribution >= 4 is 6.03 Å². The summed E-state index contributed by atoms with van der Waals surface area (Å²) in [5.74, 6) is 1.37. The molecule has 0 aliphatic carbocycles. The number of urea groups is 1. The molecule has 4 unspecified atom stereocenters. The highest BCUT2D eigenvalue weighted by Crippen LogP contribution is 2.29. The lowest BCUT2D eigenvalue weighted by molar-refractivity contribution is -0.0426. The summed E-state index contributed by atoms with van der Waals surface area (Å²) in [5, 5.41) is 3.18. The van der Waals surface area contributed by atoms with Gasteiger partial charge in [0, 0.05) is 31.7 Å². The second-order valence-corrected chi connectivity index (χ2v) is 8.27. The number of para-hydroxylation sites is 1. The number of carbonyl (C=O) groups excluding carboxylic acids is 1. The van der Waals surface area contributed by atoms with Crippen LogP contribution in [0.4, 0.5) is 4.79 Å². The zero-order valence-electron chi connectivity index (χ0n) is 16.2. The Balaban J connectivity index is 1.33. The number of fused-ring (bicyclic) bond motifs is 1. The van der Waals surface area contributed by atoms with E-state index in [0.29, 0.717) is 12.5 Å². The van der Waals surface area contributed by atoms with Crippen molar-refractivity contribution in [3.05, 3.63) is 29.3 Å². The van der Waals surface area contributed by atoms with Crippen LogP contribution in [0, 0.1) is 12.8 Å². The molecule has 148 valence electrons. The van der Waals surface area contributed by atoms with Gasteiger partial charge in [-0.05, 0) is 50.2 Å². The first-order valence-electron chi connectivity index (χ1n) is 10.2. The van der Waals surface area contributed by atoms with Crippen LogP contribution in [-0.4, -0.2) is 55.4 Å². The van der Waals surface area contributed by atoms with Gasteiger partial charge in [-0.3, -0.25) is 0 Å². The molecule has 2 fully saturated rings. The maximum absolute atomic E-state index is 12.8. The molecule has 2 amide bonds. The molecule has 0 aromatic heterocycles. The summed E-state index contributed by atoms with van der Waals surface area (Å²) in [5.41, 5.74) is 8.44. The Morgan fingerprint density at radius 2 is 2.22 bits per heavy atom. The Kier molecular flexibility index (Phi) is 5.55. The molecular weight excluding hydrogens is 342 g/mol. The largest absolute Gasteiger partial charge is 0.491 e. The van der Waals surface area contributed by atoms with Crippen molar-refractivity contribution in [2.24, 2.45) is 11.7 Å². The SMILES string of the molecule is Cc1cccc2c1OCC(NC(=O)N1CCCC(C3CC(N)CCO3)C1)C2. The summed E-state index contributed by atoms with van der Waals surface area (Å²) < 4.78 is 11.9. The van der Waals surface area contributed by atoms with Gasteiger partial charge in [-0.1, -0.05) is 18.2 Å². The minimum atomic E-state index is 0.0181. The van der Waals surface area contributed by atoms with Crippen molar-refractivity contribution in [2.75, 3.05) is 26.3 Å². The van der Waals surface area contributed by atoms with Gasteiger partial charge < -0.3 is 25.4 Å². The Labute approximate surface area is 161 Å². The summed E-state index contributed by atoms with van der Waals surface area (Å²) in [6, 6.07) is 6.46. The van der Waals surface area contributed by atoms with E-state index in [9.17, 15) is 4.79 Å². The van der Waals surface area contributed by atoms with E-state index in [1.54, 1.807) is 0 Å². The zero-order chi connectivity index (χ0) is 18.8. The van der Waals surface area contributed by atoms with Crippen LogP contribution in [0.15, 0.2) is 18.2 Å². The summed E-state index contributed by atoms with van der Waals surface area (Å²) >= 11 is 0. The fourth-order valence-electron chi connectivity index (χ4n) is 4.63. The topological polar surface area (TPSA) is 76.8 Å². The molecule has 2 saturated heterocycles. The van der Waals surface area contributed by atoms with Gasteiger partial charge >= 0.3 is 6.03 Å². The Hall–Kier alpha value is -1.79. The Morgan fingerprint density at radius 3 is 3.07 bits per heavy atom. The molecule has 1 aromatic carbocycles. The first kappa shape index (κ1) is 18.6. The summed E-state index contributed by atoms with van der Waals surface area (Å²) in [7, 11) is 0. The van der Waals surface area contributed by atoms with E-state index in [1.807, 2.05) is 11.0 Å². The van der Waals surface area contributed by atoms with Crippen LogP contribution in [0.3, 0.4) is 0 Å². The average molecular weight is 373 g/mol. The third-order valence-corrected chi connectivity index (χ3v) is 6.14. The van der Waals surface area contributed by atoms with Crippen LogP contribution >= 0.6 is 0 Å². The second-order valence-electron chi connectivity index (χ2n) is 8.27. The number of hydrogen-bond donors (Lipinski definition) is 2. The molecular formula is C21H31N3O3. The van der Waals surface area contributed by atoms with Crippen molar-refractivity contribution < 1.29 is 14.3 Å². The van der Waals surface area contributed by atoms with Crippen LogP contribution in [0.1, 0.15) is 36.8 Å². The highest BCUT2D eigenvalue weighted by molar-refractivity contribution is 5.74. The first-order valence-corrected chi connectivity index (χ1v) is 10.2. The van der Waals surface area contributed by atoms with Crippen molar-refractivity contribution in [1.29, 1.82) is 0 Å². The van der Waals surface area contributed by atoms with Crippen LogP contribution in [-0.2, 0) is 11.2 Å². The molecule has 3 N–H and O–H groups in total. The number of nitrogens with one attached hydrogen (secondary N) is 1. The van der Waals surface area contributed by atoms with Crippen LogP contribution < -0.4 is 15.8 Å². The van der Waals surface area contributed by atoms with Gasteiger partial charge in [0.1, 0.15) is 12.4 Å². The van der Waals surface area contributed by atoms with E-state index >= 15 is 0 Å². The van der Waals surface area contributed by atoms with E-state index in [4.69, 9.17) is 15.2 Å². The van der Waals surface area contributed by atoms with Crippen LogP contribution in [0.5, 0.6) is 5.75 Å². The van der Waals surface area contributed by atoms with Crippen molar-refractivity contribution in [2.45, 2.75) is 57.2 Å². The molecule has 3 aliphatic heterocycles. The van der Waals surface area contributed by atoms with Crippen molar-refractivity contribution in [3.8, 4) is 5.75 Å². The van der Waals surface area contributed by atoms with Crippen molar-refractivity contribution in [3.63, 3.8) is 0 Å².